The highest BCUT2D eigenvalue weighted by Gasteiger charge is 2.28. The fourth-order valence-electron chi connectivity index (χ4n) is 0.627. The Morgan fingerprint density at radius 2 is 2.43 bits per heavy atom. The number of nitrogens with two attached hydrogens (primary N) is 1. The molecule has 3 heteroatoms. The fourth-order valence-corrected chi connectivity index (χ4v) is 0.627. The lowest BCUT2D eigenvalue weighted by Gasteiger charge is -2.08. The molecule has 0 spiro atoms. The van der Waals surface area contributed by atoms with E-state index in [9.17, 15) is 4.39 Å². The summed E-state index contributed by atoms with van der Waals surface area (Å²) >= 11 is 0. The van der Waals surface area contributed by atoms with Crippen molar-refractivity contribution in [3.8, 4) is 0 Å². The van der Waals surface area contributed by atoms with Gasteiger partial charge in [0.15, 0.2) is 0 Å². The highest BCUT2D eigenvalue weighted by atomic mass is 19.2. The molecule has 1 atom stereocenters. The highest BCUT2D eigenvalue weighted by Crippen LogP contribution is 2.19. The molecule has 0 aromatic rings. The molecule has 7 heavy (non-hydrogen) atoms. The minimum Gasteiger partial charge on any atom is -0.334 e. The van der Waals surface area contributed by atoms with Crippen LogP contribution < -0.4 is 5.73 Å². The van der Waals surface area contributed by atoms with Crippen molar-refractivity contribution < 1.29 is 9.13 Å². The maximum atomic E-state index is 12.2. The molecule has 2 N–H and O–H groups in total. The largest absolute Gasteiger partial charge is 0.334 e. The van der Waals surface area contributed by atoms with Gasteiger partial charge in [0.05, 0.1) is 6.61 Å². The van der Waals surface area contributed by atoms with Crippen LogP contribution in [0.1, 0.15) is 12.8 Å². The Hall–Kier alpha value is -0.150. The second-order valence-corrected chi connectivity index (χ2v) is 1.74. The third-order valence-electron chi connectivity index (χ3n) is 1.00. The molecular weight excluding hydrogens is 97.0 g/mol. The predicted octanol–water partition coefficient (Wildman–Crippen LogP) is 0.379. The quantitative estimate of drug-likeness (QED) is 0.452. The molecule has 1 aliphatic heterocycles. The predicted molar refractivity (Wildman–Crippen MR) is 23.2 cm³/mol. The number of hydrogen-bond donors (Lipinski definition) is 1. The molecule has 0 aliphatic carbocycles. The van der Waals surface area contributed by atoms with Gasteiger partial charge in [0.25, 0.3) is 5.98 Å². The Kier molecular flexibility index (Phi) is 1.01. The number of halogens is 1. The summed E-state index contributed by atoms with van der Waals surface area (Å²) in [6.45, 7) is 0.465. The molecule has 1 aliphatic rings. The van der Waals surface area contributed by atoms with Crippen LogP contribution >= 0.6 is 0 Å². The first kappa shape index (κ1) is 5.00. The van der Waals surface area contributed by atoms with Gasteiger partial charge in [-0.2, -0.15) is 4.39 Å². The second kappa shape index (κ2) is 1.42. The van der Waals surface area contributed by atoms with Crippen LogP contribution in [0.4, 0.5) is 4.39 Å². The summed E-state index contributed by atoms with van der Waals surface area (Å²) in [6, 6.07) is 0. The van der Waals surface area contributed by atoms with Crippen molar-refractivity contribution in [3.63, 3.8) is 0 Å². The minimum atomic E-state index is -1.81. The van der Waals surface area contributed by atoms with Crippen LogP contribution in [0.2, 0.25) is 0 Å². The van der Waals surface area contributed by atoms with Crippen LogP contribution in [0.15, 0.2) is 0 Å². The van der Waals surface area contributed by atoms with Crippen molar-refractivity contribution in [3.05, 3.63) is 0 Å². The van der Waals surface area contributed by atoms with Crippen molar-refractivity contribution in [1.29, 1.82) is 0 Å². The van der Waals surface area contributed by atoms with Gasteiger partial charge >= 0.3 is 0 Å². The molecule has 1 heterocycles. The van der Waals surface area contributed by atoms with Crippen LogP contribution in [0, 0.1) is 0 Å². The van der Waals surface area contributed by atoms with Crippen LogP contribution in [-0.4, -0.2) is 12.6 Å². The first-order chi connectivity index (χ1) is 3.21. The van der Waals surface area contributed by atoms with Crippen LogP contribution in [-0.2, 0) is 4.74 Å². The van der Waals surface area contributed by atoms with Crippen LogP contribution in [0.3, 0.4) is 0 Å². The SMILES string of the molecule is NC1(F)CCCO1. The minimum absolute atomic E-state index is 0.340. The molecular formula is C4H8FNO. The van der Waals surface area contributed by atoms with E-state index < -0.39 is 5.98 Å². The maximum Gasteiger partial charge on any atom is 0.263 e. The summed E-state index contributed by atoms with van der Waals surface area (Å²) < 4.78 is 16.6. The van der Waals surface area contributed by atoms with E-state index in [2.05, 4.69) is 4.74 Å². The average molecular weight is 105 g/mol. The van der Waals surface area contributed by atoms with Crippen molar-refractivity contribution in [1.82, 2.24) is 0 Å². The van der Waals surface area contributed by atoms with Crippen molar-refractivity contribution >= 4 is 0 Å². The van der Waals surface area contributed by atoms with Gasteiger partial charge in [-0.05, 0) is 6.42 Å². The van der Waals surface area contributed by atoms with E-state index in [-0.39, 0.29) is 0 Å². The maximum absolute atomic E-state index is 12.2. The Morgan fingerprint density at radius 3 is 2.57 bits per heavy atom. The van der Waals surface area contributed by atoms with Gasteiger partial charge in [-0.3, -0.25) is 5.73 Å². The highest BCUT2D eigenvalue weighted by molar-refractivity contribution is 4.64. The van der Waals surface area contributed by atoms with Crippen molar-refractivity contribution in [2.45, 2.75) is 18.8 Å². The lowest BCUT2D eigenvalue weighted by molar-refractivity contribution is -0.0995. The molecule has 0 aromatic heterocycles. The molecule has 0 saturated carbocycles. The molecule has 42 valence electrons. The number of ether oxygens (including phenoxy) is 1. The Bertz CT molecular complexity index is 66.1. The van der Waals surface area contributed by atoms with Crippen molar-refractivity contribution in [2.75, 3.05) is 6.61 Å². The first-order valence-electron chi connectivity index (χ1n) is 2.32. The first-order valence-corrected chi connectivity index (χ1v) is 2.32. The van der Waals surface area contributed by atoms with Gasteiger partial charge in [-0.15, -0.1) is 0 Å². The monoisotopic (exact) mass is 105 g/mol. The summed E-state index contributed by atoms with van der Waals surface area (Å²) in [5, 5.41) is 0. The fraction of sp³-hybridized carbons (Fsp3) is 1.00. The normalized spacial score (nSPS) is 42.0. The van der Waals surface area contributed by atoms with Gasteiger partial charge in [-0.1, -0.05) is 0 Å². The summed E-state index contributed by atoms with van der Waals surface area (Å²) in [4.78, 5) is 0. The third kappa shape index (κ3) is 1.11. The van der Waals surface area contributed by atoms with Crippen LogP contribution in [0.25, 0.3) is 0 Å². The van der Waals surface area contributed by atoms with Gasteiger partial charge in [-0.25, -0.2) is 0 Å². The number of hydrogen-bond acceptors (Lipinski definition) is 2. The number of rotatable bonds is 0. The number of alkyl halides is 1. The van der Waals surface area contributed by atoms with E-state index >= 15 is 0 Å². The summed E-state index contributed by atoms with van der Waals surface area (Å²) in [7, 11) is 0. The van der Waals surface area contributed by atoms with Gasteiger partial charge < -0.3 is 4.74 Å². The molecule has 1 saturated heterocycles. The van der Waals surface area contributed by atoms with E-state index in [0.29, 0.717) is 13.0 Å². The lowest BCUT2D eigenvalue weighted by atomic mass is 10.3. The van der Waals surface area contributed by atoms with Gasteiger partial charge in [0.1, 0.15) is 0 Å². The molecule has 0 amide bonds. The summed E-state index contributed by atoms with van der Waals surface area (Å²) in [5.74, 6) is -1.81. The molecule has 2 nitrogen and oxygen atoms in total. The molecule has 0 aromatic carbocycles. The van der Waals surface area contributed by atoms with E-state index in [0.717, 1.165) is 6.42 Å². The Balaban J connectivity index is 2.40. The van der Waals surface area contributed by atoms with Gasteiger partial charge in [0.2, 0.25) is 0 Å². The summed E-state index contributed by atoms with van der Waals surface area (Å²) in [6.07, 6.45) is 1.08. The molecule has 0 bridgehead atoms. The van der Waals surface area contributed by atoms with Gasteiger partial charge in [0, 0.05) is 6.42 Å². The zero-order valence-electron chi connectivity index (χ0n) is 3.98. The average Bonchev–Trinajstić information content (AvgIpc) is 1.84. The Labute approximate surface area is 41.4 Å². The second-order valence-electron chi connectivity index (χ2n) is 1.74. The van der Waals surface area contributed by atoms with E-state index in [1.807, 2.05) is 0 Å². The molecule has 1 unspecified atom stereocenters. The smallest absolute Gasteiger partial charge is 0.263 e. The Morgan fingerprint density at radius 1 is 1.71 bits per heavy atom. The topological polar surface area (TPSA) is 35.2 Å². The van der Waals surface area contributed by atoms with Crippen LogP contribution in [0.5, 0.6) is 0 Å². The summed E-state index contributed by atoms with van der Waals surface area (Å²) in [5.41, 5.74) is 4.89. The molecule has 1 fully saturated rings. The van der Waals surface area contributed by atoms with E-state index in [1.165, 1.54) is 0 Å². The third-order valence-corrected chi connectivity index (χ3v) is 1.00. The molecule has 1 rings (SSSR count). The van der Waals surface area contributed by atoms with Crippen molar-refractivity contribution in [2.24, 2.45) is 5.73 Å². The van der Waals surface area contributed by atoms with E-state index in [1.54, 1.807) is 0 Å². The zero-order chi connectivity index (χ0) is 5.33. The standard InChI is InChI=1S/C4H8FNO/c5-4(6)2-1-3-7-4/h1-3,6H2. The lowest BCUT2D eigenvalue weighted by Crippen LogP contribution is -2.32. The molecule has 0 radical (unpaired) electrons. The zero-order valence-corrected chi connectivity index (χ0v) is 3.98. The van der Waals surface area contributed by atoms with E-state index in [4.69, 9.17) is 5.73 Å².